The number of ether oxygens (including phenoxy) is 3. The van der Waals surface area contributed by atoms with Gasteiger partial charge in [0.05, 0.1) is 25.2 Å². The van der Waals surface area contributed by atoms with Crippen molar-refractivity contribution in [3.05, 3.63) is 71.7 Å². The number of carbonyl (C=O) groups is 1. The molecule has 11 heteroatoms. The summed E-state index contributed by atoms with van der Waals surface area (Å²) in [5.41, 5.74) is 0.759. The Morgan fingerprint density at radius 2 is 1.78 bits per heavy atom. The van der Waals surface area contributed by atoms with Crippen LogP contribution >= 0.6 is 0 Å². The lowest BCUT2D eigenvalue weighted by Gasteiger charge is -2.35. The molecule has 0 saturated heterocycles. The standard InChI is InChI=1S/C30H39FN2O7S/c1-38-26-11-13-27(14-12-26)41(36,37)33(15-17-34)16-18-39-29-20-24(23-5-3-2-4-6-23)19-28(40-29)30(35)32-21-22-7-9-25(31)10-8-22/h7-14,19,23-24,29,34H,2-6,15-18,20-21H2,1H3,(H,32,35)/t24-,29+/m1/s1. The van der Waals surface area contributed by atoms with Gasteiger partial charge in [-0.2, -0.15) is 4.31 Å². The largest absolute Gasteiger partial charge is 0.497 e. The van der Waals surface area contributed by atoms with Gasteiger partial charge in [0, 0.05) is 26.1 Å². The summed E-state index contributed by atoms with van der Waals surface area (Å²) in [6.45, 7) is -0.204. The Balaban J connectivity index is 1.40. The van der Waals surface area contributed by atoms with Crippen molar-refractivity contribution in [1.29, 1.82) is 0 Å². The molecule has 224 valence electrons. The molecule has 0 aromatic heterocycles. The number of benzene rings is 2. The number of aliphatic hydroxyl groups excluding tert-OH is 1. The van der Waals surface area contributed by atoms with Gasteiger partial charge in [-0.25, -0.2) is 12.8 Å². The second kappa shape index (κ2) is 14.8. The zero-order valence-electron chi connectivity index (χ0n) is 23.3. The molecular weight excluding hydrogens is 551 g/mol. The molecule has 0 bridgehead atoms. The fraction of sp³-hybridized carbons (Fsp3) is 0.500. The van der Waals surface area contributed by atoms with Crippen LogP contribution in [0.2, 0.25) is 0 Å². The normalized spacial score (nSPS) is 19.9. The number of aliphatic hydroxyl groups is 1. The molecule has 41 heavy (non-hydrogen) atoms. The monoisotopic (exact) mass is 590 g/mol. The van der Waals surface area contributed by atoms with Crippen LogP contribution in [0.3, 0.4) is 0 Å². The number of methoxy groups -OCH3 is 1. The quantitative estimate of drug-likeness (QED) is 0.363. The number of hydrogen-bond donors (Lipinski definition) is 2. The lowest BCUT2D eigenvalue weighted by molar-refractivity contribution is -0.151. The highest BCUT2D eigenvalue weighted by molar-refractivity contribution is 7.89. The first-order valence-electron chi connectivity index (χ1n) is 14.1. The molecule has 0 radical (unpaired) electrons. The van der Waals surface area contributed by atoms with Crippen LogP contribution in [0.4, 0.5) is 4.39 Å². The average molecular weight is 591 g/mol. The third-order valence-electron chi connectivity index (χ3n) is 7.62. The molecule has 2 aromatic rings. The first-order valence-corrected chi connectivity index (χ1v) is 15.5. The second-order valence-corrected chi connectivity index (χ2v) is 12.3. The summed E-state index contributed by atoms with van der Waals surface area (Å²) in [7, 11) is -2.38. The molecule has 9 nitrogen and oxygen atoms in total. The molecule has 0 spiro atoms. The van der Waals surface area contributed by atoms with E-state index in [0.717, 1.165) is 31.2 Å². The van der Waals surface area contributed by atoms with Gasteiger partial charge in [0.2, 0.25) is 16.3 Å². The number of rotatable bonds is 13. The minimum absolute atomic E-state index is 0.00130. The Hall–Kier alpha value is -2.99. The molecule has 1 heterocycles. The highest BCUT2D eigenvalue weighted by atomic mass is 32.2. The van der Waals surface area contributed by atoms with Crippen LogP contribution in [0.5, 0.6) is 5.75 Å². The van der Waals surface area contributed by atoms with E-state index in [0.29, 0.717) is 18.1 Å². The predicted molar refractivity (Wildman–Crippen MR) is 151 cm³/mol. The van der Waals surface area contributed by atoms with Gasteiger partial charge in [-0.1, -0.05) is 31.4 Å². The first-order chi connectivity index (χ1) is 19.8. The minimum atomic E-state index is -3.88. The Bertz CT molecular complexity index is 1260. The fourth-order valence-corrected chi connectivity index (χ4v) is 6.77. The van der Waals surface area contributed by atoms with Crippen molar-refractivity contribution in [2.45, 2.75) is 56.3 Å². The van der Waals surface area contributed by atoms with E-state index < -0.39 is 16.3 Å². The number of halogens is 1. The Morgan fingerprint density at radius 1 is 1.07 bits per heavy atom. The van der Waals surface area contributed by atoms with Gasteiger partial charge in [-0.05, 0) is 72.7 Å². The van der Waals surface area contributed by atoms with E-state index in [1.165, 1.54) is 42.1 Å². The molecule has 2 N–H and O–H groups in total. The number of carbonyl (C=O) groups excluding carboxylic acids is 1. The highest BCUT2D eigenvalue weighted by Crippen LogP contribution is 2.37. The predicted octanol–water partition coefficient (Wildman–Crippen LogP) is 3.98. The van der Waals surface area contributed by atoms with Crippen LogP contribution < -0.4 is 10.1 Å². The molecule has 4 rings (SSSR count). The summed E-state index contributed by atoms with van der Waals surface area (Å²) in [5, 5.41) is 12.4. The lowest BCUT2D eigenvalue weighted by atomic mass is 9.77. The number of nitrogens with zero attached hydrogens (tertiary/aromatic N) is 1. The number of amides is 1. The van der Waals surface area contributed by atoms with Gasteiger partial charge < -0.3 is 24.6 Å². The summed E-state index contributed by atoms with van der Waals surface area (Å²) in [5.74, 6) is 0.498. The van der Waals surface area contributed by atoms with Crippen molar-refractivity contribution < 1.29 is 36.9 Å². The Labute approximate surface area is 241 Å². The molecule has 0 unspecified atom stereocenters. The van der Waals surface area contributed by atoms with Gasteiger partial charge in [-0.15, -0.1) is 0 Å². The van der Waals surface area contributed by atoms with Crippen LogP contribution in [-0.4, -0.2) is 63.4 Å². The zero-order chi connectivity index (χ0) is 29.2. The topological polar surface area (TPSA) is 114 Å². The number of allylic oxidation sites excluding steroid dienone is 1. The highest BCUT2D eigenvalue weighted by Gasteiger charge is 2.33. The van der Waals surface area contributed by atoms with Gasteiger partial charge >= 0.3 is 0 Å². The summed E-state index contributed by atoms with van der Waals surface area (Å²) < 4.78 is 57.9. The fourth-order valence-electron chi connectivity index (χ4n) is 5.35. The van der Waals surface area contributed by atoms with Gasteiger partial charge in [0.1, 0.15) is 11.6 Å². The van der Waals surface area contributed by atoms with E-state index in [4.69, 9.17) is 14.2 Å². The molecule has 1 fully saturated rings. The molecular formula is C30H39FN2O7S. The van der Waals surface area contributed by atoms with Gasteiger partial charge in [0.15, 0.2) is 5.76 Å². The Kier molecular flexibility index (Phi) is 11.1. The van der Waals surface area contributed by atoms with E-state index in [2.05, 4.69) is 5.32 Å². The van der Waals surface area contributed by atoms with Crippen LogP contribution in [-0.2, 0) is 30.8 Å². The van der Waals surface area contributed by atoms with E-state index >= 15 is 0 Å². The van der Waals surface area contributed by atoms with E-state index in [9.17, 15) is 22.7 Å². The minimum Gasteiger partial charge on any atom is -0.497 e. The van der Waals surface area contributed by atoms with Crippen molar-refractivity contribution in [1.82, 2.24) is 9.62 Å². The maximum atomic E-state index is 13.2. The SMILES string of the molecule is COc1ccc(S(=O)(=O)N(CCO)CCO[C@@H]2C[C@H](C3CCCCC3)C=C(C(=O)NCc3ccc(F)cc3)O2)cc1. The number of sulfonamides is 1. The molecule has 1 aliphatic carbocycles. The zero-order valence-corrected chi connectivity index (χ0v) is 24.2. The smallest absolute Gasteiger partial charge is 0.286 e. The van der Waals surface area contributed by atoms with Crippen molar-refractivity contribution in [2.24, 2.45) is 11.8 Å². The van der Waals surface area contributed by atoms with Crippen LogP contribution in [0.1, 0.15) is 44.1 Å². The molecule has 2 aliphatic rings. The summed E-state index contributed by atoms with van der Waals surface area (Å²) >= 11 is 0. The second-order valence-electron chi connectivity index (χ2n) is 10.4. The van der Waals surface area contributed by atoms with Crippen LogP contribution in [0, 0.1) is 17.7 Å². The van der Waals surface area contributed by atoms with Crippen molar-refractivity contribution in [3.63, 3.8) is 0 Å². The van der Waals surface area contributed by atoms with Crippen molar-refractivity contribution in [3.8, 4) is 5.75 Å². The van der Waals surface area contributed by atoms with E-state index in [1.807, 2.05) is 6.08 Å². The van der Waals surface area contributed by atoms with Crippen molar-refractivity contribution in [2.75, 3.05) is 33.4 Å². The summed E-state index contributed by atoms with van der Waals surface area (Å²) in [6.07, 6.45) is 7.37. The molecule has 1 saturated carbocycles. The summed E-state index contributed by atoms with van der Waals surface area (Å²) in [4.78, 5) is 13.1. The lowest BCUT2D eigenvalue weighted by Crippen LogP contribution is -2.39. The van der Waals surface area contributed by atoms with E-state index in [-0.39, 0.29) is 61.1 Å². The van der Waals surface area contributed by atoms with Gasteiger partial charge in [0.25, 0.3) is 5.91 Å². The molecule has 2 aromatic carbocycles. The third-order valence-corrected chi connectivity index (χ3v) is 9.54. The molecule has 2 atom stereocenters. The maximum absolute atomic E-state index is 13.2. The van der Waals surface area contributed by atoms with E-state index in [1.54, 1.807) is 24.3 Å². The average Bonchev–Trinajstić information content (AvgIpc) is 3.00. The van der Waals surface area contributed by atoms with Crippen LogP contribution in [0.25, 0.3) is 0 Å². The molecule has 1 aliphatic heterocycles. The first kappa shape index (κ1) is 31.0. The van der Waals surface area contributed by atoms with Crippen LogP contribution in [0.15, 0.2) is 65.3 Å². The maximum Gasteiger partial charge on any atom is 0.286 e. The number of hydrogen-bond acceptors (Lipinski definition) is 7. The van der Waals surface area contributed by atoms with Gasteiger partial charge in [-0.3, -0.25) is 4.79 Å². The van der Waals surface area contributed by atoms with Crippen molar-refractivity contribution >= 4 is 15.9 Å². The Morgan fingerprint density at radius 3 is 2.44 bits per heavy atom. The number of nitrogens with one attached hydrogen (secondary N) is 1. The third kappa shape index (κ3) is 8.51. The summed E-state index contributed by atoms with van der Waals surface area (Å²) in [6, 6.07) is 12.0. The molecule has 1 amide bonds.